The van der Waals surface area contributed by atoms with Crippen LogP contribution in [0, 0.1) is 0 Å². The average molecular weight is 459 g/mol. The van der Waals surface area contributed by atoms with Gasteiger partial charge >= 0.3 is 6.18 Å². The highest BCUT2D eigenvalue weighted by atomic mass is 35.5. The molecule has 0 unspecified atom stereocenters. The summed E-state index contributed by atoms with van der Waals surface area (Å²) in [7, 11) is 0. The number of anilines is 2. The number of fused-ring (bicyclic) bond motifs is 1. The molecule has 3 aromatic rings. The van der Waals surface area contributed by atoms with Gasteiger partial charge in [0.1, 0.15) is 6.04 Å². The Bertz CT molecular complexity index is 1180. The molecule has 0 radical (unpaired) electrons. The summed E-state index contributed by atoms with van der Waals surface area (Å²) in [4.78, 5) is 29.4. The van der Waals surface area contributed by atoms with Gasteiger partial charge in [0.15, 0.2) is 0 Å². The molecule has 0 spiro atoms. The van der Waals surface area contributed by atoms with Crippen LogP contribution in [0.25, 0.3) is 0 Å². The molecular formula is C24H18ClF3N2O2. The summed E-state index contributed by atoms with van der Waals surface area (Å²) in [6.45, 7) is 1.83. The van der Waals surface area contributed by atoms with Crippen molar-refractivity contribution >= 4 is 34.8 Å². The Balaban J connectivity index is 1.73. The summed E-state index contributed by atoms with van der Waals surface area (Å²) in [5, 5.41) is 0.574. The Hall–Kier alpha value is -3.32. The third kappa shape index (κ3) is 4.08. The maximum Gasteiger partial charge on any atom is 0.416 e. The summed E-state index contributed by atoms with van der Waals surface area (Å²) < 4.78 is 39.4. The topological polar surface area (TPSA) is 40.6 Å². The number of rotatable bonds is 3. The Labute approximate surface area is 187 Å². The van der Waals surface area contributed by atoms with E-state index in [9.17, 15) is 22.8 Å². The first-order chi connectivity index (χ1) is 15.2. The van der Waals surface area contributed by atoms with Gasteiger partial charge in [0.05, 0.1) is 23.5 Å². The zero-order valence-electron chi connectivity index (χ0n) is 16.9. The molecule has 0 aliphatic carbocycles. The van der Waals surface area contributed by atoms with E-state index < -0.39 is 23.7 Å². The zero-order chi connectivity index (χ0) is 23.0. The van der Waals surface area contributed by atoms with Crippen LogP contribution in [0.2, 0.25) is 5.02 Å². The van der Waals surface area contributed by atoms with Crippen LogP contribution >= 0.6 is 11.6 Å². The smallest absolute Gasteiger partial charge is 0.304 e. The number of halogens is 4. The normalized spacial score (nSPS) is 16.2. The third-order valence-electron chi connectivity index (χ3n) is 5.35. The fourth-order valence-corrected chi connectivity index (χ4v) is 3.87. The standard InChI is InChI=1S/C24H18ClF3N2O2/c1-15-22(31)29(14-16-9-11-19(25)12-10-16)20-7-2-3-8-21(20)30(15)23(32)17-5-4-6-18(13-17)24(26,27)28/h2-13,15H,14H2,1H3/t15-/m0/s1. The number of benzene rings is 3. The minimum atomic E-state index is -4.58. The molecule has 0 bridgehead atoms. The minimum absolute atomic E-state index is 0.138. The predicted octanol–water partition coefficient (Wildman–Crippen LogP) is 5.94. The first-order valence-electron chi connectivity index (χ1n) is 9.82. The van der Waals surface area contributed by atoms with Crippen LogP contribution in [0.15, 0.2) is 72.8 Å². The monoisotopic (exact) mass is 458 g/mol. The number of hydrogen-bond donors (Lipinski definition) is 0. The molecule has 8 heteroatoms. The first-order valence-corrected chi connectivity index (χ1v) is 10.2. The molecule has 1 aliphatic rings. The van der Waals surface area contributed by atoms with Crippen molar-refractivity contribution in [3.63, 3.8) is 0 Å². The number of alkyl halides is 3. The van der Waals surface area contributed by atoms with E-state index in [-0.39, 0.29) is 18.0 Å². The molecule has 164 valence electrons. The van der Waals surface area contributed by atoms with Crippen LogP contribution in [0.5, 0.6) is 0 Å². The molecule has 32 heavy (non-hydrogen) atoms. The van der Waals surface area contributed by atoms with Crippen molar-refractivity contribution in [3.8, 4) is 0 Å². The van der Waals surface area contributed by atoms with E-state index in [1.807, 2.05) is 12.1 Å². The summed E-state index contributed by atoms with van der Waals surface area (Å²) in [6.07, 6.45) is -4.58. The molecule has 4 rings (SSSR count). The van der Waals surface area contributed by atoms with Gasteiger partial charge in [-0.3, -0.25) is 14.5 Å². The van der Waals surface area contributed by atoms with E-state index >= 15 is 0 Å². The predicted molar refractivity (Wildman–Crippen MR) is 117 cm³/mol. The van der Waals surface area contributed by atoms with Gasteiger partial charge < -0.3 is 4.90 Å². The van der Waals surface area contributed by atoms with E-state index in [0.717, 1.165) is 17.7 Å². The van der Waals surface area contributed by atoms with Crippen molar-refractivity contribution in [2.45, 2.75) is 25.7 Å². The van der Waals surface area contributed by atoms with Gasteiger partial charge in [-0.1, -0.05) is 41.9 Å². The van der Waals surface area contributed by atoms with Crippen LogP contribution < -0.4 is 9.80 Å². The van der Waals surface area contributed by atoms with Crippen molar-refractivity contribution in [3.05, 3.63) is 94.5 Å². The van der Waals surface area contributed by atoms with Crippen LogP contribution in [0.1, 0.15) is 28.4 Å². The number of carbonyl (C=O) groups is 2. The highest BCUT2D eigenvalue weighted by Crippen LogP contribution is 2.38. The molecule has 1 atom stereocenters. The summed E-state index contributed by atoms with van der Waals surface area (Å²) >= 11 is 5.94. The van der Waals surface area contributed by atoms with Crippen LogP contribution in [0.4, 0.5) is 24.5 Å². The van der Waals surface area contributed by atoms with E-state index in [0.29, 0.717) is 16.4 Å². The summed E-state index contributed by atoms with van der Waals surface area (Å²) in [5.74, 6) is -1.01. The van der Waals surface area contributed by atoms with Gasteiger partial charge in [-0.05, 0) is 55.0 Å². The van der Waals surface area contributed by atoms with Gasteiger partial charge in [-0.2, -0.15) is 13.2 Å². The summed E-state index contributed by atoms with van der Waals surface area (Å²) in [6, 6.07) is 17.2. The second kappa shape index (κ2) is 8.31. The third-order valence-corrected chi connectivity index (χ3v) is 5.60. The number of amides is 2. The minimum Gasteiger partial charge on any atom is -0.304 e. The van der Waals surface area contributed by atoms with Gasteiger partial charge in [-0.25, -0.2) is 0 Å². The lowest BCUT2D eigenvalue weighted by molar-refractivity contribution is -0.137. The SMILES string of the molecule is C[C@H]1C(=O)N(Cc2ccc(Cl)cc2)c2ccccc2N1C(=O)c1cccc(C(F)(F)F)c1. The molecule has 0 saturated carbocycles. The van der Waals surface area contributed by atoms with Crippen LogP contribution in [0.3, 0.4) is 0 Å². The van der Waals surface area contributed by atoms with E-state index in [2.05, 4.69) is 0 Å². The Morgan fingerprint density at radius 1 is 0.969 bits per heavy atom. The molecule has 1 heterocycles. The van der Waals surface area contributed by atoms with Gasteiger partial charge in [0.25, 0.3) is 5.91 Å². The number of hydrogen-bond acceptors (Lipinski definition) is 2. The largest absolute Gasteiger partial charge is 0.416 e. The van der Waals surface area contributed by atoms with Crippen molar-refractivity contribution in [2.75, 3.05) is 9.80 Å². The van der Waals surface area contributed by atoms with Crippen molar-refractivity contribution in [2.24, 2.45) is 0 Å². The quantitative estimate of drug-likeness (QED) is 0.487. The molecule has 2 amide bonds. The second-order valence-corrected chi connectivity index (χ2v) is 7.91. The van der Waals surface area contributed by atoms with E-state index in [1.165, 1.54) is 17.0 Å². The maximum absolute atomic E-state index is 13.3. The van der Waals surface area contributed by atoms with Gasteiger partial charge in [0.2, 0.25) is 5.91 Å². The zero-order valence-corrected chi connectivity index (χ0v) is 17.7. The van der Waals surface area contributed by atoms with Gasteiger partial charge in [-0.15, -0.1) is 0 Å². The lowest BCUT2D eigenvalue weighted by Gasteiger charge is -2.40. The molecule has 1 aliphatic heterocycles. The highest BCUT2D eigenvalue weighted by Gasteiger charge is 2.39. The second-order valence-electron chi connectivity index (χ2n) is 7.47. The lowest BCUT2D eigenvalue weighted by Crippen LogP contribution is -2.54. The average Bonchev–Trinajstić information content (AvgIpc) is 2.77. The molecule has 4 nitrogen and oxygen atoms in total. The van der Waals surface area contributed by atoms with Crippen LogP contribution in [-0.4, -0.2) is 17.9 Å². The number of nitrogens with zero attached hydrogens (tertiary/aromatic N) is 2. The molecule has 0 N–H and O–H groups in total. The highest BCUT2D eigenvalue weighted by molar-refractivity contribution is 6.30. The van der Waals surface area contributed by atoms with Crippen LogP contribution in [-0.2, 0) is 17.5 Å². The lowest BCUT2D eigenvalue weighted by atomic mass is 10.0. The Morgan fingerprint density at radius 2 is 1.62 bits per heavy atom. The molecule has 0 aromatic heterocycles. The number of para-hydroxylation sites is 2. The van der Waals surface area contributed by atoms with Crippen molar-refractivity contribution in [1.82, 2.24) is 0 Å². The van der Waals surface area contributed by atoms with Crippen molar-refractivity contribution < 1.29 is 22.8 Å². The maximum atomic E-state index is 13.3. The fraction of sp³-hybridized carbons (Fsp3) is 0.167. The Kier molecular flexibility index (Phi) is 5.69. The molecule has 0 saturated heterocycles. The van der Waals surface area contributed by atoms with E-state index in [4.69, 9.17) is 11.6 Å². The molecule has 0 fully saturated rings. The first kappa shape index (κ1) is 21.9. The van der Waals surface area contributed by atoms with E-state index in [1.54, 1.807) is 48.2 Å². The number of carbonyl (C=O) groups excluding carboxylic acids is 2. The Morgan fingerprint density at radius 3 is 2.28 bits per heavy atom. The van der Waals surface area contributed by atoms with Gasteiger partial charge in [0, 0.05) is 10.6 Å². The summed E-state index contributed by atoms with van der Waals surface area (Å²) in [5.41, 5.74) is 0.752. The fourth-order valence-electron chi connectivity index (χ4n) is 3.75. The molecular weight excluding hydrogens is 441 g/mol. The molecule has 3 aromatic carbocycles. The van der Waals surface area contributed by atoms with Crippen molar-refractivity contribution in [1.29, 1.82) is 0 Å².